The Morgan fingerprint density at radius 1 is 1.00 bits per heavy atom. The second kappa shape index (κ2) is 7.73. The van der Waals surface area contributed by atoms with Gasteiger partial charge < -0.3 is 10.4 Å². The number of rotatable bonds is 4. The third-order valence-corrected chi connectivity index (χ3v) is 4.16. The first-order chi connectivity index (χ1) is 11.0. The van der Waals surface area contributed by atoms with Crippen molar-refractivity contribution in [1.29, 1.82) is 0 Å². The van der Waals surface area contributed by atoms with Crippen molar-refractivity contribution in [3.63, 3.8) is 0 Å². The number of carbonyl (C=O) groups excluding carboxylic acids is 2. The minimum Gasteiger partial charge on any atom is -0.481 e. The number of carbonyl (C=O) groups is 3. The van der Waals surface area contributed by atoms with Gasteiger partial charge in [-0.1, -0.05) is 12.1 Å². The Hall–Kier alpha value is -2.41. The van der Waals surface area contributed by atoms with Crippen molar-refractivity contribution in [3.8, 4) is 0 Å². The average molecular weight is 319 g/mol. The summed E-state index contributed by atoms with van der Waals surface area (Å²) in [6, 6.07) is 7.33. The molecule has 0 heterocycles. The van der Waals surface area contributed by atoms with E-state index in [0.29, 0.717) is 24.4 Å². The van der Waals surface area contributed by atoms with Crippen molar-refractivity contribution in [2.45, 2.75) is 31.6 Å². The molecule has 23 heavy (non-hydrogen) atoms. The van der Waals surface area contributed by atoms with E-state index >= 15 is 0 Å². The Kier molecular flexibility index (Phi) is 5.70. The van der Waals surface area contributed by atoms with E-state index in [1.807, 2.05) is 12.1 Å². The van der Waals surface area contributed by atoms with E-state index in [1.165, 1.54) is 7.05 Å². The summed E-state index contributed by atoms with van der Waals surface area (Å²) in [5.74, 6) is -2.09. The van der Waals surface area contributed by atoms with Gasteiger partial charge in [0.1, 0.15) is 0 Å². The molecule has 0 radical (unpaired) electrons. The highest BCUT2D eigenvalue weighted by Gasteiger charge is 2.26. The van der Waals surface area contributed by atoms with E-state index in [1.54, 1.807) is 12.1 Å². The van der Waals surface area contributed by atoms with Crippen molar-refractivity contribution in [2.75, 3.05) is 12.4 Å². The standard InChI is InChI=1S/C16H21N3O4/c1-17-19-15(21)14(20)18-13-8-6-11(7-9-13)10-2-4-12(5-3-10)16(22)23/h6-10,12,17H,2-5H2,1H3,(H,18,20)(H,19,21)(H,22,23)/t10-,12-. The van der Waals surface area contributed by atoms with Crippen LogP contribution >= 0.6 is 0 Å². The SMILES string of the molecule is CNNC(=O)C(=O)Nc1ccc([C@H]2CC[C@H](C(=O)O)CC2)cc1. The van der Waals surface area contributed by atoms with Crippen molar-refractivity contribution in [1.82, 2.24) is 10.9 Å². The lowest BCUT2D eigenvalue weighted by Gasteiger charge is -2.26. The lowest BCUT2D eigenvalue weighted by Crippen LogP contribution is -2.41. The Balaban J connectivity index is 1.91. The van der Waals surface area contributed by atoms with Crippen LogP contribution in [0.25, 0.3) is 0 Å². The molecule has 4 N–H and O–H groups in total. The molecule has 1 aliphatic rings. The molecule has 1 fully saturated rings. The highest BCUT2D eigenvalue weighted by Crippen LogP contribution is 2.36. The number of nitrogens with one attached hydrogen (secondary N) is 3. The molecule has 1 aromatic rings. The minimum atomic E-state index is -0.761. The molecule has 2 rings (SSSR count). The van der Waals surface area contributed by atoms with Crippen molar-refractivity contribution in [3.05, 3.63) is 29.8 Å². The number of aliphatic carboxylic acids is 1. The van der Waals surface area contributed by atoms with Crippen molar-refractivity contribution >= 4 is 23.5 Å². The number of carboxylic acids is 1. The minimum absolute atomic E-state index is 0.226. The van der Waals surface area contributed by atoms with Gasteiger partial charge in [0, 0.05) is 12.7 Å². The fourth-order valence-electron chi connectivity index (χ4n) is 2.87. The van der Waals surface area contributed by atoms with Crippen LogP contribution in [-0.4, -0.2) is 29.9 Å². The van der Waals surface area contributed by atoms with Gasteiger partial charge in [-0.3, -0.25) is 19.8 Å². The van der Waals surface area contributed by atoms with Gasteiger partial charge in [-0.15, -0.1) is 0 Å². The number of amides is 2. The summed E-state index contributed by atoms with van der Waals surface area (Å²) in [6.07, 6.45) is 3.10. The monoisotopic (exact) mass is 319 g/mol. The molecule has 1 aromatic carbocycles. The smallest absolute Gasteiger partial charge is 0.323 e. The lowest BCUT2D eigenvalue weighted by molar-refractivity contribution is -0.142. The van der Waals surface area contributed by atoms with Crippen molar-refractivity contribution in [2.24, 2.45) is 5.92 Å². The maximum absolute atomic E-state index is 11.6. The van der Waals surface area contributed by atoms with Gasteiger partial charge in [-0.25, -0.2) is 5.43 Å². The Bertz CT molecular complexity index is 577. The Morgan fingerprint density at radius 2 is 1.61 bits per heavy atom. The molecule has 0 aliphatic heterocycles. The van der Waals surface area contributed by atoms with Crippen molar-refractivity contribution < 1.29 is 19.5 Å². The van der Waals surface area contributed by atoms with E-state index in [4.69, 9.17) is 5.11 Å². The zero-order chi connectivity index (χ0) is 16.8. The quantitative estimate of drug-likeness (QED) is 0.493. The zero-order valence-corrected chi connectivity index (χ0v) is 13.0. The van der Waals surface area contributed by atoms with E-state index in [2.05, 4.69) is 16.2 Å². The summed E-state index contributed by atoms with van der Waals surface area (Å²) in [7, 11) is 1.50. The average Bonchev–Trinajstić information content (AvgIpc) is 2.56. The van der Waals surface area contributed by atoms with Crippen LogP contribution < -0.4 is 16.2 Å². The molecule has 0 saturated heterocycles. The van der Waals surface area contributed by atoms with Crippen LogP contribution in [0, 0.1) is 5.92 Å². The van der Waals surface area contributed by atoms with Gasteiger partial charge in [-0.05, 0) is 49.3 Å². The van der Waals surface area contributed by atoms with E-state index in [0.717, 1.165) is 18.4 Å². The second-order valence-corrected chi connectivity index (χ2v) is 5.67. The number of hydrazine groups is 1. The maximum atomic E-state index is 11.6. The summed E-state index contributed by atoms with van der Waals surface area (Å²) in [5.41, 5.74) is 6.27. The van der Waals surface area contributed by atoms with Gasteiger partial charge >= 0.3 is 17.8 Å². The predicted octanol–water partition coefficient (Wildman–Crippen LogP) is 1.23. The summed E-state index contributed by atoms with van der Waals surface area (Å²) >= 11 is 0. The summed E-state index contributed by atoms with van der Waals surface area (Å²) in [5, 5.41) is 11.5. The largest absolute Gasteiger partial charge is 0.481 e. The van der Waals surface area contributed by atoms with Crippen LogP contribution in [0.4, 0.5) is 5.69 Å². The molecule has 1 saturated carbocycles. The van der Waals surface area contributed by atoms with Crippen LogP contribution in [0.2, 0.25) is 0 Å². The molecule has 7 heteroatoms. The molecule has 2 amide bonds. The molecule has 7 nitrogen and oxygen atoms in total. The first-order valence-corrected chi connectivity index (χ1v) is 7.62. The van der Waals surface area contributed by atoms with E-state index in [-0.39, 0.29) is 5.92 Å². The first kappa shape index (κ1) is 17.0. The maximum Gasteiger partial charge on any atom is 0.323 e. The summed E-state index contributed by atoms with van der Waals surface area (Å²) in [6.45, 7) is 0. The topological polar surface area (TPSA) is 108 Å². The van der Waals surface area contributed by atoms with Crippen LogP contribution in [0.3, 0.4) is 0 Å². The molecule has 0 aromatic heterocycles. The van der Waals surface area contributed by atoms with Gasteiger partial charge in [0.25, 0.3) is 0 Å². The Labute approximate surface area is 134 Å². The highest BCUT2D eigenvalue weighted by molar-refractivity contribution is 6.39. The number of carboxylic acid groups (broad SMARTS) is 1. The van der Waals surface area contributed by atoms with Gasteiger partial charge in [0.05, 0.1) is 5.92 Å². The van der Waals surface area contributed by atoms with Gasteiger partial charge in [0.2, 0.25) is 0 Å². The van der Waals surface area contributed by atoms with Gasteiger partial charge in [-0.2, -0.15) is 0 Å². The number of benzene rings is 1. The third-order valence-electron chi connectivity index (χ3n) is 4.16. The summed E-state index contributed by atoms with van der Waals surface area (Å²) < 4.78 is 0. The second-order valence-electron chi connectivity index (χ2n) is 5.67. The number of anilines is 1. The molecule has 124 valence electrons. The molecule has 0 spiro atoms. The molecule has 0 atom stereocenters. The fraction of sp³-hybridized carbons (Fsp3) is 0.438. The van der Waals surface area contributed by atoms with Crippen LogP contribution in [0.5, 0.6) is 0 Å². The molecule has 0 bridgehead atoms. The molecular weight excluding hydrogens is 298 g/mol. The zero-order valence-electron chi connectivity index (χ0n) is 13.0. The predicted molar refractivity (Wildman–Crippen MR) is 84.6 cm³/mol. The number of hydrogen-bond acceptors (Lipinski definition) is 4. The fourth-order valence-corrected chi connectivity index (χ4v) is 2.87. The third kappa shape index (κ3) is 4.53. The summed E-state index contributed by atoms with van der Waals surface area (Å²) in [4.78, 5) is 33.9. The van der Waals surface area contributed by atoms with Crippen LogP contribution in [0.15, 0.2) is 24.3 Å². The van der Waals surface area contributed by atoms with E-state index < -0.39 is 17.8 Å². The number of hydrogen-bond donors (Lipinski definition) is 4. The molecule has 1 aliphatic carbocycles. The van der Waals surface area contributed by atoms with Gasteiger partial charge in [0.15, 0.2) is 0 Å². The Morgan fingerprint density at radius 3 is 2.13 bits per heavy atom. The lowest BCUT2D eigenvalue weighted by atomic mass is 9.79. The molecular formula is C16H21N3O4. The first-order valence-electron chi connectivity index (χ1n) is 7.62. The van der Waals surface area contributed by atoms with Crippen LogP contribution in [-0.2, 0) is 14.4 Å². The highest BCUT2D eigenvalue weighted by atomic mass is 16.4. The normalized spacial score (nSPS) is 20.6. The van der Waals surface area contributed by atoms with Crippen LogP contribution in [0.1, 0.15) is 37.2 Å². The van der Waals surface area contributed by atoms with E-state index in [9.17, 15) is 14.4 Å². The molecule has 0 unspecified atom stereocenters.